The molecule has 0 aliphatic heterocycles. The number of hydrogen-bond donors (Lipinski definition) is 2. The van der Waals surface area contributed by atoms with Gasteiger partial charge in [0.25, 0.3) is 0 Å². The van der Waals surface area contributed by atoms with Crippen molar-refractivity contribution in [2.45, 2.75) is 6.54 Å². The summed E-state index contributed by atoms with van der Waals surface area (Å²) in [5, 5.41) is 3.24. The summed E-state index contributed by atoms with van der Waals surface area (Å²) in [6.07, 6.45) is 3.28. The van der Waals surface area contributed by atoms with Gasteiger partial charge in [-0.15, -0.1) is 0 Å². The average molecular weight is 356 g/mol. The molecule has 1 aromatic heterocycles. The number of methoxy groups -OCH3 is 1. The molecule has 5 nitrogen and oxygen atoms in total. The second-order valence-corrected chi connectivity index (χ2v) is 4.81. The lowest BCUT2D eigenvalue weighted by atomic mass is 10.2. The van der Waals surface area contributed by atoms with E-state index in [9.17, 15) is 0 Å². The van der Waals surface area contributed by atoms with Crippen molar-refractivity contribution in [1.29, 1.82) is 0 Å². The van der Waals surface area contributed by atoms with E-state index in [-0.39, 0.29) is 0 Å². The molecule has 94 valence electrons. The SMILES string of the molecule is COc1ccc(CNc2ncncc2I)cc1N. The Morgan fingerprint density at radius 3 is 2.94 bits per heavy atom. The smallest absolute Gasteiger partial charge is 0.143 e. The van der Waals surface area contributed by atoms with E-state index in [0.717, 1.165) is 15.0 Å². The molecule has 0 saturated heterocycles. The molecule has 0 bridgehead atoms. The third-order valence-corrected chi connectivity index (χ3v) is 3.21. The molecule has 2 rings (SSSR count). The number of nitrogens with two attached hydrogens (primary N) is 1. The monoisotopic (exact) mass is 356 g/mol. The van der Waals surface area contributed by atoms with Crippen molar-refractivity contribution in [3.05, 3.63) is 39.9 Å². The van der Waals surface area contributed by atoms with Crippen LogP contribution in [0.2, 0.25) is 0 Å². The van der Waals surface area contributed by atoms with E-state index in [1.54, 1.807) is 13.3 Å². The third-order valence-electron chi connectivity index (χ3n) is 2.42. The fourth-order valence-corrected chi connectivity index (χ4v) is 2.01. The number of anilines is 2. The molecule has 0 fully saturated rings. The number of rotatable bonds is 4. The number of hydrogen-bond acceptors (Lipinski definition) is 5. The Balaban J connectivity index is 2.07. The summed E-state index contributed by atoms with van der Waals surface area (Å²) in [7, 11) is 1.60. The molecule has 0 aliphatic carbocycles. The van der Waals surface area contributed by atoms with Crippen molar-refractivity contribution >= 4 is 34.1 Å². The Bertz CT molecular complexity index is 547. The first kappa shape index (κ1) is 12.9. The number of benzene rings is 1. The van der Waals surface area contributed by atoms with Gasteiger partial charge in [0.1, 0.15) is 17.9 Å². The van der Waals surface area contributed by atoms with Gasteiger partial charge in [0.05, 0.1) is 16.4 Å². The second kappa shape index (κ2) is 5.85. The Kier molecular flexibility index (Phi) is 4.19. The molecule has 0 unspecified atom stereocenters. The van der Waals surface area contributed by atoms with Gasteiger partial charge in [0.15, 0.2) is 0 Å². The van der Waals surface area contributed by atoms with Crippen molar-refractivity contribution in [1.82, 2.24) is 9.97 Å². The summed E-state index contributed by atoms with van der Waals surface area (Å²) < 4.78 is 6.10. The van der Waals surface area contributed by atoms with Gasteiger partial charge in [0.2, 0.25) is 0 Å². The zero-order valence-corrected chi connectivity index (χ0v) is 12.0. The van der Waals surface area contributed by atoms with E-state index < -0.39 is 0 Å². The molecule has 6 heteroatoms. The zero-order chi connectivity index (χ0) is 13.0. The number of nitrogen functional groups attached to an aromatic ring is 1. The molecule has 0 atom stereocenters. The van der Waals surface area contributed by atoms with Crippen LogP contribution in [0.4, 0.5) is 11.5 Å². The molecule has 0 spiro atoms. The Morgan fingerprint density at radius 1 is 1.44 bits per heavy atom. The number of ether oxygens (including phenoxy) is 1. The lowest BCUT2D eigenvalue weighted by Gasteiger charge is -2.09. The summed E-state index contributed by atoms with van der Waals surface area (Å²) >= 11 is 2.19. The first-order valence-corrected chi connectivity index (χ1v) is 6.40. The van der Waals surface area contributed by atoms with E-state index in [0.29, 0.717) is 18.0 Å². The zero-order valence-electron chi connectivity index (χ0n) is 9.85. The van der Waals surface area contributed by atoms with Crippen molar-refractivity contribution in [3.63, 3.8) is 0 Å². The molecule has 2 aromatic rings. The van der Waals surface area contributed by atoms with Crippen LogP contribution in [0.25, 0.3) is 0 Å². The average Bonchev–Trinajstić information content (AvgIpc) is 2.38. The van der Waals surface area contributed by atoms with Gasteiger partial charge in [-0.2, -0.15) is 0 Å². The maximum absolute atomic E-state index is 5.85. The summed E-state index contributed by atoms with van der Waals surface area (Å²) in [4.78, 5) is 8.11. The van der Waals surface area contributed by atoms with Crippen molar-refractivity contribution in [2.24, 2.45) is 0 Å². The fourth-order valence-electron chi connectivity index (χ4n) is 1.52. The highest BCUT2D eigenvalue weighted by Gasteiger charge is 2.03. The van der Waals surface area contributed by atoms with Crippen LogP contribution in [0.3, 0.4) is 0 Å². The van der Waals surface area contributed by atoms with E-state index in [1.807, 2.05) is 18.2 Å². The molecule has 1 heterocycles. The fraction of sp³-hybridized carbons (Fsp3) is 0.167. The van der Waals surface area contributed by atoms with Gasteiger partial charge in [-0.3, -0.25) is 0 Å². The van der Waals surface area contributed by atoms with Crippen molar-refractivity contribution in [3.8, 4) is 5.75 Å². The molecule has 3 N–H and O–H groups in total. The molecule has 1 aromatic carbocycles. The first-order valence-electron chi connectivity index (χ1n) is 5.32. The predicted octanol–water partition coefficient (Wildman–Crippen LogP) is 2.28. The van der Waals surface area contributed by atoms with Crippen LogP contribution in [0.5, 0.6) is 5.75 Å². The van der Waals surface area contributed by atoms with Crippen LogP contribution in [0.15, 0.2) is 30.7 Å². The van der Waals surface area contributed by atoms with Gasteiger partial charge in [-0.25, -0.2) is 9.97 Å². The Hall–Kier alpha value is -1.57. The summed E-state index contributed by atoms with van der Waals surface area (Å²) in [6.45, 7) is 0.654. The van der Waals surface area contributed by atoms with E-state index >= 15 is 0 Å². The van der Waals surface area contributed by atoms with Gasteiger partial charge in [0, 0.05) is 12.7 Å². The standard InChI is InChI=1S/C12H13IN4O/c1-18-11-3-2-8(4-10(11)14)5-16-12-9(13)6-15-7-17-12/h2-4,6-7H,5,14H2,1H3,(H,15,16,17). The van der Waals surface area contributed by atoms with Gasteiger partial charge in [-0.1, -0.05) is 6.07 Å². The van der Waals surface area contributed by atoms with Crippen LogP contribution < -0.4 is 15.8 Å². The maximum Gasteiger partial charge on any atom is 0.143 e. The number of nitrogens with one attached hydrogen (secondary N) is 1. The first-order chi connectivity index (χ1) is 8.70. The quantitative estimate of drug-likeness (QED) is 0.650. The molecule has 18 heavy (non-hydrogen) atoms. The van der Waals surface area contributed by atoms with Crippen LogP contribution in [-0.4, -0.2) is 17.1 Å². The minimum absolute atomic E-state index is 0.634. The molecule has 0 saturated carbocycles. The largest absolute Gasteiger partial charge is 0.495 e. The highest BCUT2D eigenvalue weighted by atomic mass is 127. The molecular formula is C12H13IN4O. The molecule has 0 amide bonds. The van der Waals surface area contributed by atoms with E-state index in [4.69, 9.17) is 10.5 Å². The molecule has 0 radical (unpaired) electrons. The minimum Gasteiger partial charge on any atom is -0.495 e. The minimum atomic E-state index is 0.634. The van der Waals surface area contributed by atoms with Gasteiger partial charge in [-0.05, 0) is 40.3 Å². The highest BCUT2D eigenvalue weighted by Crippen LogP contribution is 2.22. The third kappa shape index (κ3) is 3.00. The van der Waals surface area contributed by atoms with Gasteiger partial charge >= 0.3 is 0 Å². The summed E-state index contributed by atoms with van der Waals surface area (Å²) in [6, 6.07) is 5.72. The number of nitrogens with zero attached hydrogens (tertiary/aromatic N) is 2. The topological polar surface area (TPSA) is 73.1 Å². The van der Waals surface area contributed by atoms with E-state index in [2.05, 4.69) is 37.9 Å². The normalized spacial score (nSPS) is 10.1. The Labute approximate surface area is 119 Å². The lowest BCUT2D eigenvalue weighted by Crippen LogP contribution is -2.04. The van der Waals surface area contributed by atoms with Crippen LogP contribution in [0.1, 0.15) is 5.56 Å². The lowest BCUT2D eigenvalue weighted by molar-refractivity contribution is 0.417. The second-order valence-electron chi connectivity index (χ2n) is 3.65. The Morgan fingerprint density at radius 2 is 2.28 bits per heavy atom. The molecular weight excluding hydrogens is 343 g/mol. The van der Waals surface area contributed by atoms with Crippen LogP contribution >= 0.6 is 22.6 Å². The van der Waals surface area contributed by atoms with Crippen LogP contribution in [-0.2, 0) is 6.54 Å². The van der Waals surface area contributed by atoms with Crippen LogP contribution in [0, 0.1) is 3.57 Å². The highest BCUT2D eigenvalue weighted by molar-refractivity contribution is 14.1. The van der Waals surface area contributed by atoms with Crippen molar-refractivity contribution < 1.29 is 4.74 Å². The predicted molar refractivity (Wildman–Crippen MR) is 79.5 cm³/mol. The summed E-state index contributed by atoms with van der Waals surface area (Å²) in [5.74, 6) is 1.51. The maximum atomic E-state index is 5.85. The number of halogens is 1. The van der Waals surface area contributed by atoms with Crippen molar-refractivity contribution in [2.75, 3.05) is 18.2 Å². The van der Waals surface area contributed by atoms with E-state index in [1.165, 1.54) is 6.33 Å². The van der Waals surface area contributed by atoms with Gasteiger partial charge < -0.3 is 15.8 Å². The molecule has 0 aliphatic rings. The number of aromatic nitrogens is 2. The summed E-state index contributed by atoms with van der Waals surface area (Å²) in [5.41, 5.74) is 7.56.